The van der Waals surface area contributed by atoms with Crippen LogP contribution in [-0.2, 0) is 26.6 Å². The van der Waals surface area contributed by atoms with Crippen molar-refractivity contribution in [1.82, 2.24) is 10.1 Å². The van der Waals surface area contributed by atoms with E-state index in [0.717, 1.165) is 49.2 Å². The number of anilines is 2. The third-order valence-corrected chi connectivity index (χ3v) is 10.1. The van der Waals surface area contributed by atoms with Crippen LogP contribution in [0.1, 0.15) is 48.6 Å². The Kier molecular flexibility index (Phi) is 6.16. The summed E-state index contributed by atoms with van der Waals surface area (Å²) in [5, 5.41) is 4.19. The summed E-state index contributed by atoms with van der Waals surface area (Å²) in [6.07, 6.45) is 4.59. The maximum atomic E-state index is 13.9. The molecule has 2 aromatic carbocycles. The molecule has 7 rings (SSSR count). The number of ether oxygens (including phenoxy) is 3. The van der Waals surface area contributed by atoms with Gasteiger partial charge in [0.15, 0.2) is 16.5 Å². The maximum Gasteiger partial charge on any atom is 0.270 e. The average molecular weight is 583 g/mol. The molecule has 2 aliphatic carbocycles. The van der Waals surface area contributed by atoms with Crippen LogP contribution in [0.15, 0.2) is 39.8 Å². The zero-order valence-corrected chi connectivity index (χ0v) is 23.9. The number of rotatable bonds is 7. The van der Waals surface area contributed by atoms with Crippen molar-refractivity contribution in [1.29, 1.82) is 0 Å². The number of benzene rings is 2. The highest BCUT2D eigenvalue weighted by atomic mass is 32.2. The van der Waals surface area contributed by atoms with Crippen LogP contribution in [-0.4, -0.2) is 71.6 Å². The summed E-state index contributed by atoms with van der Waals surface area (Å²) in [5.41, 5.74) is 4.31. The molecule has 0 radical (unpaired) electrons. The summed E-state index contributed by atoms with van der Waals surface area (Å²) in [5.74, 6) is 0.425. The van der Waals surface area contributed by atoms with Crippen molar-refractivity contribution < 1.29 is 33.4 Å². The highest BCUT2D eigenvalue weighted by Gasteiger charge is 2.51. The molecule has 2 aliphatic heterocycles. The molecule has 1 saturated carbocycles. The SMILES string of the molecule is COc1cc(C(=O)N2CCCOC2)cc(OC)c1S(=O)(=O)Nc1noc2c1CC1(CC1)c1ccc(N3CCC3)cc1-2.[HH]. The van der Waals surface area contributed by atoms with Gasteiger partial charge >= 0.3 is 0 Å². The number of nitrogens with zero attached hydrogens (tertiary/aromatic N) is 3. The molecule has 1 N–H and O–H groups in total. The molecule has 0 bridgehead atoms. The predicted molar refractivity (Wildman–Crippen MR) is 152 cm³/mol. The Bertz CT molecular complexity index is 1620. The van der Waals surface area contributed by atoms with Gasteiger partial charge in [-0.1, -0.05) is 11.2 Å². The van der Waals surface area contributed by atoms with E-state index in [9.17, 15) is 13.2 Å². The first-order valence-electron chi connectivity index (χ1n) is 13.9. The number of amides is 1. The van der Waals surface area contributed by atoms with E-state index in [-0.39, 0.29) is 47.3 Å². The normalized spacial score (nSPS) is 18.8. The molecular weight excluding hydrogens is 548 g/mol. The smallest absolute Gasteiger partial charge is 0.270 e. The van der Waals surface area contributed by atoms with E-state index in [1.54, 1.807) is 4.90 Å². The Labute approximate surface area is 239 Å². The molecule has 1 aromatic heterocycles. The van der Waals surface area contributed by atoms with E-state index in [2.05, 4.69) is 33.0 Å². The van der Waals surface area contributed by atoms with E-state index in [1.807, 2.05) is 0 Å². The first-order chi connectivity index (χ1) is 19.8. The van der Waals surface area contributed by atoms with Crippen molar-refractivity contribution >= 4 is 27.4 Å². The van der Waals surface area contributed by atoms with Crippen molar-refractivity contribution in [3.8, 4) is 22.8 Å². The Balaban J connectivity index is 0.00000316. The molecule has 3 fully saturated rings. The zero-order valence-electron chi connectivity index (χ0n) is 23.1. The Morgan fingerprint density at radius 3 is 2.44 bits per heavy atom. The average Bonchev–Trinajstić information content (AvgIpc) is 3.63. The number of hydrogen-bond donors (Lipinski definition) is 1. The Hall–Kier alpha value is -3.77. The van der Waals surface area contributed by atoms with Gasteiger partial charge in [0.05, 0.1) is 20.8 Å². The summed E-state index contributed by atoms with van der Waals surface area (Å²) in [6, 6.07) is 9.34. The van der Waals surface area contributed by atoms with E-state index in [0.29, 0.717) is 25.3 Å². The van der Waals surface area contributed by atoms with Crippen molar-refractivity contribution in [2.45, 2.75) is 42.4 Å². The topological polar surface area (TPSA) is 123 Å². The molecule has 12 heteroatoms. The van der Waals surface area contributed by atoms with Gasteiger partial charge in [-0.3, -0.25) is 9.52 Å². The monoisotopic (exact) mass is 582 g/mol. The Morgan fingerprint density at radius 2 is 1.83 bits per heavy atom. The number of carbonyl (C=O) groups excluding carboxylic acids is 1. The van der Waals surface area contributed by atoms with Gasteiger partial charge in [0, 0.05) is 48.9 Å². The number of carbonyl (C=O) groups is 1. The number of nitrogens with one attached hydrogen (secondary N) is 1. The second-order valence-electron chi connectivity index (χ2n) is 11.1. The van der Waals surface area contributed by atoms with Crippen molar-refractivity contribution in [2.75, 3.05) is 56.8 Å². The van der Waals surface area contributed by atoms with E-state index < -0.39 is 10.0 Å². The van der Waals surface area contributed by atoms with Crippen LogP contribution in [0.25, 0.3) is 11.3 Å². The lowest BCUT2D eigenvalue weighted by molar-refractivity contribution is -0.00575. The van der Waals surface area contributed by atoms with E-state index in [1.165, 1.54) is 38.3 Å². The molecule has 218 valence electrons. The molecule has 3 heterocycles. The lowest BCUT2D eigenvalue weighted by Crippen LogP contribution is -2.38. The van der Waals surface area contributed by atoms with Crippen LogP contribution >= 0.6 is 0 Å². The summed E-state index contributed by atoms with van der Waals surface area (Å²) in [7, 11) is -1.55. The third kappa shape index (κ3) is 4.31. The lowest BCUT2D eigenvalue weighted by atomic mass is 9.79. The summed E-state index contributed by atoms with van der Waals surface area (Å²) in [4.78, 5) is 16.8. The molecule has 2 saturated heterocycles. The van der Waals surface area contributed by atoms with Gasteiger partial charge < -0.3 is 28.5 Å². The maximum absolute atomic E-state index is 13.9. The molecule has 11 nitrogen and oxygen atoms in total. The van der Waals surface area contributed by atoms with Gasteiger partial charge in [-0.05, 0) is 61.9 Å². The van der Waals surface area contributed by atoms with Gasteiger partial charge in [0.25, 0.3) is 15.9 Å². The molecule has 0 unspecified atom stereocenters. The number of sulfonamides is 1. The number of methoxy groups -OCH3 is 2. The number of aromatic nitrogens is 1. The first kappa shape index (κ1) is 26.1. The second kappa shape index (κ2) is 9.66. The Morgan fingerprint density at radius 1 is 1.07 bits per heavy atom. The largest absolute Gasteiger partial charge is 0.495 e. The van der Waals surface area contributed by atoms with Gasteiger partial charge in [-0.2, -0.15) is 0 Å². The molecule has 0 atom stereocenters. The highest BCUT2D eigenvalue weighted by molar-refractivity contribution is 7.93. The number of hydrogen-bond acceptors (Lipinski definition) is 9. The fraction of sp³-hybridized carbons (Fsp3) is 0.448. The number of fused-ring (bicyclic) bond motifs is 4. The van der Waals surface area contributed by atoms with Crippen LogP contribution in [0.4, 0.5) is 11.5 Å². The predicted octanol–water partition coefficient (Wildman–Crippen LogP) is 4.02. The van der Waals surface area contributed by atoms with Crippen molar-refractivity contribution in [3.63, 3.8) is 0 Å². The summed E-state index contributed by atoms with van der Waals surface area (Å²) < 4.78 is 52.5. The van der Waals surface area contributed by atoms with Gasteiger partial charge in [0.1, 0.15) is 18.2 Å². The minimum Gasteiger partial charge on any atom is -0.495 e. The summed E-state index contributed by atoms with van der Waals surface area (Å²) in [6.45, 7) is 3.37. The molecule has 3 aromatic rings. The van der Waals surface area contributed by atoms with Crippen molar-refractivity contribution in [2.24, 2.45) is 0 Å². The van der Waals surface area contributed by atoms with Gasteiger partial charge in [-0.25, -0.2) is 8.42 Å². The summed E-state index contributed by atoms with van der Waals surface area (Å²) >= 11 is 0. The molecular formula is C29H34N4O7S. The van der Waals surface area contributed by atoms with Crippen LogP contribution in [0, 0.1) is 0 Å². The fourth-order valence-corrected chi connectivity index (χ4v) is 7.47. The van der Waals surface area contributed by atoms with Crippen LogP contribution in [0.2, 0.25) is 0 Å². The molecule has 41 heavy (non-hydrogen) atoms. The van der Waals surface area contributed by atoms with E-state index >= 15 is 0 Å². The second-order valence-corrected chi connectivity index (χ2v) is 12.8. The van der Waals surface area contributed by atoms with Crippen LogP contribution in [0.5, 0.6) is 11.5 Å². The van der Waals surface area contributed by atoms with Crippen molar-refractivity contribution in [3.05, 3.63) is 47.0 Å². The van der Waals surface area contributed by atoms with Crippen LogP contribution in [0.3, 0.4) is 0 Å². The molecule has 4 aliphatic rings. The van der Waals surface area contributed by atoms with E-state index in [4.69, 9.17) is 18.7 Å². The minimum atomic E-state index is -4.26. The minimum absolute atomic E-state index is 0. The molecule has 1 amide bonds. The first-order valence-corrected chi connectivity index (χ1v) is 15.4. The van der Waals surface area contributed by atoms with Gasteiger partial charge in [-0.15, -0.1) is 0 Å². The van der Waals surface area contributed by atoms with Gasteiger partial charge in [0.2, 0.25) is 0 Å². The highest BCUT2D eigenvalue weighted by Crippen LogP contribution is 2.59. The lowest BCUT2D eigenvalue weighted by Gasteiger charge is -2.34. The van der Waals surface area contributed by atoms with Crippen LogP contribution < -0.4 is 19.1 Å². The quantitative estimate of drug-likeness (QED) is 0.440. The zero-order chi connectivity index (χ0) is 28.4. The standard InChI is InChI=1S/C29H32N4O7S.H2/c1-37-23-13-18(28(34)33-11-4-12-39-17-33)14-24(38-2)26(23)41(35,36)31-27-21-16-29(7-8-29)22-6-5-19(32-9-3-10-32)15-20(22)25(21)40-30-27;/h5-6,13-15H,3-4,7-12,16-17H2,1-2H3,(H,30,31);1H. The molecule has 1 spiro atoms. The third-order valence-electron chi connectivity index (χ3n) is 8.66. The fourth-order valence-electron chi connectivity index (χ4n) is 6.14.